The van der Waals surface area contributed by atoms with Gasteiger partial charge in [0.1, 0.15) is 11.0 Å². The average molecular weight is 446 g/mol. The smallest absolute Gasteiger partial charge is 0.272 e. The molecule has 2 heterocycles. The van der Waals surface area contributed by atoms with Crippen LogP contribution in [0.25, 0.3) is 10.1 Å². The lowest BCUT2D eigenvalue weighted by Crippen LogP contribution is -2.28. The molecule has 0 radical (unpaired) electrons. The van der Waals surface area contributed by atoms with E-state index in [0.29, 0.717) is 28.0 Å². The Kier molecular flexibility index (Phi) is 6.55. The summed E-state index contributed by atoms with van der Waals surface area (Å²) in [5.41, 5.74) is 0. The highest BCUT2D eigenvalue weighted by Gasteiger charge is 2.29. The zero-order valence-electron chi connectivity index (χ0n) is 17.9. The van der Waals surface area contributed by atoms with Crippen molar-refractivity contribution in [1.82, 2.24) is 20.6 Å². The van der Waals surface area contributed by atoms with E-state index in [-0.39, 0.29) is 18.0 Å². The Morgan fingerprint density at radius 1 is 1.23 bits per heavy atom. The van der Waals surface area contributed by atoms with Crippen LogP contribution in [0.3, 0.4) is 0 Å². The first-order chi connectivity index (χ1) is 15.1. The molecule has 0 spiro atoms. The monoisotopic (exact) mass is 445 g/mol. The Balaban J connectivity index is 1.75. The summed E-state index contributed by atoms with van der Waals surface area (Å²) < 4.78 is 18.4. The molecular formula is C21H27N5O4S. The molecule has 10 heteroatoms. The first-order valence-electron chi connectivity index (χ1n) is 10.5. The van der Waals surface area contributed by atoms with Gasteiger partial charge in [-0.1, -0.05) is 31.3 Å². The molecule has 1 fully saturated rings. The van der Waals surface area contributed by atoms with Gasteiger partial charge in [-0.25, -0.2) is 0 Å². The topological polar surface area (TPSA) is 111 Å². The zero-order chi connectivity index (χ0) is 21.8. The van der Waals surface area contributed by atoms with Crippen LogP contribution in [-0.4, -0.2) is 46.9 Å². The van der Waals surface area contributed by atoms with Crippen molar-refractivity contribution >= 4 is 33.3 Å². The number of aromatic amines is 1. The SMILES string of the molecule is CCC(Oc1c(C(=O)Nc2nn[nH]n2)sc2cc(OC)c(OC)cc12)C1CCCCC1. The molecule has 2 aromatic heterocycles. The van der Waals surface area contributed by atoms with Crippen LogP contribution in [0, 0.1) is 5.92 Å². The van der Waals surface area contributed by atoms with E-state index in [4.69, 9.17) is 14.2 Å². The van der Waals surface area contributed by atoms with Crippen molar-refractivity contribution in [3.05, 3.63) is 17.0 Å². The molecule has 1 unspecified atom stereocenters. The number of benzene rings is 1. The van der Waals surface area contributed by atoms with E-state index in [0.717, 1.165) is 29.3 Å². The van der Waals surface area contributed by atoms with E-state index >= 15 is 0 Å². The van der Waals surface area contributed by atoms with Crippen LogP contribution < -0.4 is 19.5 Å². The van der Waals surface area contributed by atoms with Crippen LogP contribution >= 0.6 is 11.3 Å². The molecule has 9 nitrogen and oxygen atoms in total. The van der Waals surface area contributed by atoms with Crippen molar-refractivity contribution in [3.63, 3.8) is 0 Å². The fourth-order valence-corrected chi connectivity index (χ4v) is 5.25. The van der Waals surface area contributed by atoms with Crippen molar-refractivity contribution < 1.29 is 19.0 Å². The molecule has 4 rings (SSSR count). The number of H-pyrrole nitrogens is 1. The number of hydrogen-bond donors (Lipinski definition) is 2. The van der Waals surface area contributed by atoms with E-state index in [9.17, 15) is 4.79 Å². The standard InChI is InChI=1S/C21H27N5O4S/c1-4-14(12-8-6-5-7-9-12)30-18-13-10-15(28-2)16(29-3)11-17(13)31-19(18)20(27)22-21-23-25-26-24-21/h10-12,14H,4-9H2,1-3H3,(H2,22,23,24,25,26,27). The van der Waals surface area contributed by atoms with Gasteiger partial charge in [-0.05, 0) is 36.5 Å². The third-order valence-corrected chi connectivity index (χ3v) is 6.91. The van der Waals surface area contributed by atoms with Crippen LogP contribution in [0.1, 0.15) is 55.1 Å². The van der Waals surface area contributed by atoms with Crippen molar-refractivity contribution in [3.8, 4) is 17.2 Å². The molecular weight excluding hydrogens is 418 g/mol. The highest BCUT2D eigenvalue weighted by atomic mass is 32.1. The number of aromatic nitrogens is 4. The fourth-order valence-electron chi connectivity index (χ4n) is 4.21. The highest BCUT2D eigenvalue weighted by molar-refractivity contribution is 7.21. The molecule has 1 aliphatic carbocycles. The van der Waals surface area contributed by atoms with Crippen LogP contribution in [0.2, 0.25) is 0 Å². The van der Waals surface area contributed by atoms with Gasteiger partial charge in [0.15, 0.2) is 17.2 Å². The van der Waals surface area contributed by atoms with Gasteiger partial charge in [-0.15, -0.1) is 16.4 Å². The normalized spacial score (nSPS) is 15.6. The lowest BCUT2D eigenvalue weighted by molar-refractivity contribution is 0.0970. The fraction of sp³-hybridized carbons (Fsp3) is 0.524. The summed E-state index contributed by atoms with van der Waals surface area (Å²) in [6, 6.07) is 3.75. The first kappa shape index (κ1) is 21.4. The van der Waals surface area contributed by atoms with Gasteiger partial charge in [0, 0.05) is 16.2 Å². The second kappa shape index (κ2) is 9.51. The Morgan fingerprint density at radius 2 is 1.97 bits per heavy atom. The molecule has 0 bridgehead atoms. The van der Waals surface area contributed by atoms with Crippen LogP contribution in [0.15, 0.2) is 12.1 Å². The highest BCUT2D eigenvalue weighted by Crippen LogP contribution is 2.45. The van der Waals surface area contributed by atoms with Gasteiger partial charge in [-0.2, -0.15) is 5.21 Å². The lowest BCUT2D eigenvalue weighted by atomic mass is 9.84. The van der Waals surface area contributed by atoms with Gasteiger partial charge in [0.05, 0.1) is 14.2 Å². The van der Waals surface area contributed by atoms with Crippen molar-refractivity contribution in [2.45, 2.75) is 51.6 Å². The Morgan fingerprint density at radius 3 is 2.61 bits per heavy atom. The van der Waals surface area contributed by atoms with Crippen LogP contribution in [-0.2, 0) is 0 Å². The predicted molar refractivity (Wildman–Crippen MR) is 118 cm³/mol. The number of tetrazole rings is 1. The number of fused-ring (bicyclic) bond motifs is 1. The summed E-state index contributed by atoms with van der Waals surface area (Å²) in [6.07, 6.45) is 6.97. The van der Waals surface area contributed by atoms with E-state index in [1.807, 2.05) is 12.1 Å². The molecule has 166 valence electrons. The minimum Gasteiger partial charge on any atom is -0.493 e. The largest absolute Gasteiger partial charge is 0.493 e. The summed E-state index contributed by atoms with van der Waals surface area (Å²) in [6.45, 7) is 2.14. The third kappa shape index (κ3) is 4.43. The lowest BCUT2D eigenvalue weighted by Gasteiger charge is -2.30. The number of carbonyl (C=O) groups excluding carboxylic acids is 1. The maximum atomic E-state index is 13.1. The maximum absolute atomic E-state index is 13.1. The van der Waals surface area contributed by atoms with E-state index in [2.05, 4.69) is 32.9 Å². The second-order valence-corrected chi connectivity index (χ2v) is 8.67. The molecule has 1 amide bonds. The maximum Gasteiger partial charge on any atom is 0.272 e. The molecule has 1 saturated carbocycles. The molecule has 3 aromatic rings. The van der Waals surface area contributed by atoms with Gasteiger partial charge in [0.2, 0.25) is 0 Å². The summed E-state index contributed by atoms with van der Waals surface area (Å²) >= 11 is 1.34. The van der Waals surface area contributed by atoms with Gasteiger partial charge < -0.3 is 14.2 Å². The minimum atomic E-state index is -0.339. The molecule has 31 heavy (non-hydrogen) atoms. The number of methoxy groups -OCH3 is 2. The second-order valence-electron chi connectivity index (χ2n) is 7.62. The third-order valence-electron chi connectivity index (χ3n) is 5.77. The number of nitrogens with zero attached hydrogens (tertiary/aromatic N) is 3. The molecule has 1 aliphatic rings. The minimum absolute atomic E-state index is 0.0444. The van der Waals surface area contributed by atoms with Crippen molar-refractivity contribution in [2.24, 2.45) is 5.92 Å². The van der Waals surface area contributed by atoms with E-state index in [1.54, 1.807) is 14.2 Å². The molecule has 2 N–H and O–H groups in total. The van der Waals surface area contributed by atoms with E-state index in [1.165, 1.54) is 30.6 Å². The summed E-state index contributed by atoms with van der Waals surface area (Å²) in [5.74, 6) is 2.03. The number of rotatable bonds is 8. The number of carbonyl (C=O) groups is 1. The van der Waals surface area contributed by atoms with Crippen LogP contribution in [0.4, 0.5) is 5.95 Å². The molecule has 0 saturated heterocycles. The number of nitrogens with one attached hydrogen (secondary N) is 2. The number of thiophene rings is 1. The Hall–Kier alpha value is -2.88. The summed E-state index contributed by atoms with van der Waals surface area (Å²) in [5, 5.41) is 17.0. The molecule has 0 aliphatic heterocycles. The van der Waals surface area contributed by atoms with Gasteiger partial charge >= 0.3 is 0 Å². The Labute approximate surface area is 184 Å². The number of hydrogen-bond acceptors (Lipinski definition) is 8. The number of anilines is 1. The summed E-state index contributed by atoms with van der Waals surface area (Å²) in [7, 11) is 3.19. The first-order valence-corrected chi connectivity index (χ1v) is 11.4. The molecule has 1 atom stereocenters. The molecule has 1 aromatic carbocycles. The van der Waals surface area contributed by atoms with Gasteiger partial charge in [-0.3, -0.25) is 10.1 Å². The number of ether oxygens (including phenoxy) is 3. The van der Waals surface area contributed by atoms with Crippen LogP contribution in [0.5, 0.6) is 17.2 Å². The Bertz CT molecular complexity index is 1030. The van der Waals surface area contributed by atoms with E-state index < -0.39 is 0 Å². The van der Waals surface area contributed by atoms with Crippen molar-refractivity contribution in [1.29, 1.82) is 0 Å². The predicted octanol–water partition coefficient (Wildman–Crippen LogP) is 4.42. The van der Waals surface area contributed by atoms with Crippen molar-refractivity contribution in [2.75, 3.05) is 19.5 Å². The average Bonchev–Trinajstić information content (AvgIpc) is 3.44. The van der Waals surface area contributed by atoms with Gasteiger partial charge in [0.25, 0.3) is 11.9 Å². The zero-order valence-corrected chi connectivity index (χ0v) is 18.8. The number of amides is 1. The quantitative estimate of drug-likeness (QED) is 0.528. The summed E-state index contributed by atoms with van der Waals surface area (Å²) in [4.78, 5) is 13.6.